The van der Waals surface area contributed by atoms with E-state index < -0.39 is 28.5 Å². The molecule has 0 radical (unpaired) electrons. The summed E-state index contributed by atoms with van der Waals surface area (Å²) in [6.07, 6.45) is 4.16. The first-order valence-corrected chi connectivity index (χ1v) is 16.7. The van der Waals surface area contributed by atoms with Crippen LogP contribution in [0.4, 0.5) is 5.69 Å². The van der Waals surface area contributed by atoms with Gasteiger partial charge in [-0.05, 0) is 68.1 Å². The second-order valence-electron chi connectivity index (χ2n) is 10.4. The minimum Gasteiger partial charge on any atom is -0.492 e. The largest absolute Gasteiger partial charge is 0.492 e. The number of anilines is 1. The Hall–Kier alpha value is -3.27. The number of hydrogen-bond acceptors (Lipinski definition) is 5. The summed E-state index contributed by atoms with van der Waals surface area (Å²) in [4.78, 5) is 29.4. The molecule has 1 saturated carbocycles. The molecule has 0 heterocycles. The van der Waals surface area contributed by atoms with Gasteiger partial charge >= 0.3 is 0 Å². The van der Waals surface area contributed by atoms with Crippen molar-refractivity contribution in [2.24, 2.45) is 0 Å². The van der Waals surface area contributed by atoms with Crippen LogP contribution in [0.2, 0.25) is 10.0 Å². The molecule has 0 spiro atoms. The lowest BCUT2D eigenvalue weighted by atomic mass is 10.1. The first kappa shape index (κ1) is 32.6. The molecule has 0 bridgehead atoms. The molecule has 0 unspecified atom stereocenters. The van der Waals surface area contributed by atoms with E-state index in [1.807, 2.05) is 6.92 Å². The van der Waals surface area contributed by atoms with Crippen molar-refractivity contribution >= 4 is 50.7 Å². The monoisotopic (exact) mass is 645 g/mol. The SMILES string of the molecule is CCOc1ccccc1N(CC(=O)N(Cc1ccc(Cl)cc1Cl)[C@@H](CC)C(=O)NC1CCCC1)S(=O)(=O)c1ccccc1. The van der Waals surface area contributed by atoms with Crippen molar-refractivity contribution in [3.8, 4) is 5.75 Å². The third-order valence-electron chi connectivity index (χ3n) is 7.49. The highest BCUT2D eigenvalue weighted by Crippen LogP contribution is 2.33. The maximum atomic E-state index is 14.3. The maximum absolute atomic E-state index is 14.3. The molecule has 43 heavy (non-hydrogen) atoms. The van der Waals surface area contributed by atoms with Crippen LogP contribution in [0.15, 0.2) is 77.7 Å². The summed E-state index contributed by atoms with van der Waals surface area (Å²) in [7, 11) is -4.22. The summed E-state index contributed by atoms with van der Waals surface area (Å²) in [5.74, 6) is -0.527. The van der Waals surface area contributed by atoms with Crippen LogP contribution < -0.4 is 14.4 Å². The number of hydrogen-bond donors (Lipinski definition) is 1. The Bertz CT molecular complexity index is 1510. The Morgan fingerprint density at radius 2 is 1.65 bits per heavy atom. The van der Waals surface area contributed by atoms with E-state index in [9.17, 15) is 18.0 Å². The Balaban J connectivity index is 1.76. The number of amides is 2. The van der Waals surface area contributed by atoms with E-state index in [0.29, 0.717) is 34.4 Å². The van der Waals surface area contributed by atoms with Crippen molar-refractivity contribution in [2.45, 2.75) is 69.5 Å². The minimum absolute atomic E-state index is 0.0161. The molecule has 3 aromatic carbocycles. The molecule has 4 rings (SSSR count). The van der Waals surface area contributed by atoms with Gasteiger partial charge in [-0.2, -0.15) is 0 Å². The molecule has 2 amide bonds. The van der Waals surface area contributed by atoms with Crippen molar-refractivity contribution < 1.29 is 22.7 Å². The van der Waals surface area contributed by atoms with Crippen LogP contribution in [0, 0.1) is 0 Å². The van der Waals surface area contributed by atoms with Gasteiger partial charge in [0.25, 0.3) is 10.0 Å². The van der Waals surface area contributed by atoms with Crippen LogP contribution in [0.3, 0.4) is 0 Å². The van der Waals surface area contributed by atoms with Crippen LogP contribution in [0.25, 0.3) is 0 Å². The van der Waals surface area contributed by atoms with Gasteiger partial charge in [-0.3, -0.25) is 13.9 Å². The summed E-state index contributed by atoms with van der Waals surface area (Å²) in [5.41, 5.74) is 0.799. The summed E-state index contributed by atoms with van der Waals surface area (Å²) >= 11 is 12.6. The first-order chi connectivity index (χ1) is 20.6. The quantitative estimate of drug-likeness (QED) is 0.230. The normalized spacial score (nSPS) is 14.2. The summed E-state index contributed by atoms with van der Waals surface area (Å²) in [6.45, 7) is 3.33. The van der Waals surface area contributed by atoms with E-state index in [2.05, 4.69) is 5.32 Å². The van der Waals surface area contributed by atoms with Gasteiger partial charge in [0.2, 0.25) is 11.8 Å². The Morgan fingerprint density at radius 1 is 0.977 bits per heavy atom. The maximum Gasteiger partial charge on any atom is 0.264 e. The third-order valence-corrected chi connectivity index (χ3v) is 9.85. The fourth-order valence-corrected chi connectivity index (χ4v) is 7.21. The lowest BCUT2D eigenvalue weighted by molar-refractivity contribution is -0.140. The molecular formula is C32H37Cl2N3O5S. The number of halogens is 2. The van der Waals surface area contributed by atoms with E-state index in [1.165, 1.54) is 17.0 Å². The van der Waals surface area contributed by atoms with Crippen molar-refractivity contribution in [2.75, 3.05) is 17.5 Å². The highest BCUT2D eigenvalue weighted by molar-refractivity contribution is 7.92. The average Bonchev–Trinajstić information content (AvgIpc) is 3.51. The third kappa shape index (κ3) is 8.02. The van der Waals surface area contributed by atoms with Gasteiger partial charge in [0.15, 0.2) is 0 Å². The molecule has 230 valence electrons. The molecule has 1 atom stereocenters. The number of para-hydroxylation sites is 2. The molecule has 1 aliphatic carbocycles. The van der Waals surface area contributed by atoms with Crippen LogP contribution in [-0.2, 0) is 26.2 Å². The Labute approximate surface area is 264 Å². The zero-order chi connectivity index (χ0) is 31.0. The van der Waals surface area contributed by atoms with E-state index in [0.717, 1.165) is 30.0 Å². The topological polar surface area (TPSA) is 96.0 Å². The highest BCUT2D eigenvalue weighted by atomic mass is 35.5. The van der Waals surface area contributed by atoms with Gasteiger partial charge in [0.1, 0.15) is 18.3 Å². The standard InChI is InChI=1S/C32H37Cl2N3O5S/c1-3-28(32(39)35-25-12-8-9-13-25)36(21-23-18-19-24(33)20-27(23)34)31(38)22-37(29-16-10-11-17-30(29)42-4-2)43(40,41)26-14-6-5-7-15-26/h5-7,10-11,14-20,25,28H,3-4,8-9,12-13,21-22H2,1-2H3,(H,35,39)/t28-/m0/s1. The van der Waals surface area contributed by atoms with Gasteiger partial charge in [-0.25, -0.2) is 8.42 Å². The van der Waals surface area contributed by atoms with E-state index in [-0.39, 0.29) is 29.1 Å². The van der Waals surface area contributed by atoms with E-state index in [4.69, 9.17) is 27.9 Å². The van der Waals surface area contributed by atoms with Crippen molar-refractivity contribution in [1.82, 2.24) is 10.2 Å². The molecule has 0 aliphatic heterocycles. The predicted molar refractivity (Wildman–Crippen MR) is 170 cm³/mol. The van der Waals surface area contributed by atoms with E-state index in [1.54, 1.807) is 67.6 Å². The van der Waals surface area contributed by atoms with Gasteiger partial charge in [-0.1, -0.05) is 79.4 Å². The van der Waals surface area contributed by atoms with Crippen LogP contribution in [-0.4, -0.2) is 50.4 Å². The van der Waals surface area contributed by atoms with Crippen LogP contribution >= 0.6 is 23.2 Å². The van der Waals surface area contributed by atoms with Gasteiger partial charge in [0, 0.05) is 22.6 Å². The fourth-order valence-electron chi connectivity index (χ4n) is 5.29. The number of carbonyl (C=O) groups is 2. The lowest BCUT2D eigenvalue weighted by Gasteiger charge is -2.34. The molecular weight excluding hydrogens is 609 g/mol. The summed E-state index contributed by atoms with van der Waals surface area (Å²) in [6, 6.07) is 18.7. The van der Waals surface area contributed by atoms with Crippen LogP contribution in [0.1, 0.15) is 51.5 Å². The predicted octanol–water partition coefficient (Wildman–Crippen LogP) is 6.45. The Morgan fingerprint density at radius 3 is 2.30 bits per heavy atom. The highest BCUT2D eigenvalue weighted by Gasteiger charge is 2.35. The second-order valence-corrected chi connectivity index (χ2v) is 13.1. The molecule has 3 aromatic rings. The number of sulfonamides is 1. The lowest BCUT2D eigenvalue weighted by Crippen LogP contribution is -2.53. The summed E-state index contributed by atoms with van der Waals surface area (Å²) in [5, 5.41) is 3.88. The second kappa shape index (κ2) is 14.9. The molecule has 8 nitrogen and oxygen atoms in total. The van der Waals surface area contributed by atoms with Gasteiger partial charge in [-0.15, -0.1) is 0 Å². The average molecular weight is 647 g/mol. The van der Waals surface area contributed by atoms with Crippen LogP contribution in [0.5, 0.6) is 5.75 Å². The number of benzene rings is 3. The number of nitrogens with zero attached hydrogens (tertiary/aromatic N) is 2. The first-order valence-electron chi connectivity index (χ1n) is 14.5. The van der Waals surface area contributed by atoms with Gasteiger partial charge < -0.3 is 15.0 Å². The smallest absolute Gasteiger partial charge is 0.264 e. The van der Waals surface area contributed by atoms with Crippen molar-refractivity contribution in [3.63, 3.8) is 0 Å². The zero-order valence-corrected chi connectivity index (χ0v) is 26.7. The van der Waals surface area contributed by atoms with Crippen molar-refractivity contribution in [1.29, 1.82) is 0 Å². The summed E-state index contributed by atoms with van der Waals surface area (Å²) < 4.78 is 35.0. The van der Waals surface area contributed by atoms with E-state index >= 15 is 0 Å². The molecule has 0 aromatic heterocycles. The molecule has 1 aliphatic rings. The molecule has 11 heteroatoms. The van der Waals surface area contributed by atoms with Crippen molar-refractivity contribution in [3.05, 3.63) is 88.4 Å². The molecule has 0 saturated heterocycles. The fraction of sp³-hybridized carbons (Fsp3) is 0.375. The molecule has 1 fully saturated rings. The number of nitrogens with one attached hydrogen (secondary N) is 1. The zero-order valence-electron chi connectivity index (χ0n) is 24.3. The number of rotatable bonds is 13. The number of carbonyl (C=O) groups excluding carboxylic acids is 2. The Kier molecular flexibility index (Phi) is 11.3. The van der Waals surface area contributed by atoms with Gasteiger partial charge in [0.05, 0.1) is 17.2 Å². The molecule has 1 N–H and O–H groups in total. The minimum atomic E-state index is -4.22. The number of ether oxygens (including phenoxy) is 1.